The number of anilines is 1. The summed E-state index contributed by atoms with van der Waals surface area (Å²) in [5.74, 6) is -0.124. The van der Waals surface area contributed by atoms with Gasteiger partial charge in [0.05, 0.1) is 25.6 Å². The van der Waals surface area contributed by atoms with E-state index in [-0.39, 0.29) is 22.7 Å². The summed E-state index contributed by atoms with van der Waals surface area (Å²) in [7, 11) is -3.58. The van der Waals surface area contributed by atoms with Crippen LogP contribution >= 0.6 is 0 Å². The standard InChI is InChI=1S/C29H39FN2O4SSi/c1-29(2,3)38(6,7)16-8-15-32(37(5,34)35)24-18-25-23(17-22(24)19-9-10-19)26(28(33)31-4)27(36-25)20-11-13-21(30)14-12-20/h11-14,17-19H,8-10,15-16H2,1-7H3,(H,31,33). The molecule has 3 aromatic rings. The van der Waals surface area contributed by atoms with Crippen molar-refractivity contribution >= 4 is 40.7 Å². The van der Waals surface area contributed by atoms with E-state index in [2.05, 4.69) is 39.2 Å². The lowest BCUT2D eigenvalue weighted by Crippen LogP contribution is -2.38. The van der Waals surface area contributed by atoms with E-state index >= 15 is 0 Å². The molecule has 1 aliphatic carbocycles. The Morgan fingerprint density at radius 3 is 2.32 bits per heavy atom. The van der Waals surface area contributed by atoms with Crippen LogP contribution in [0.3, 0.4) is 0 Å². The minimum atomic E-state index is -3.56. The summed E-state index contributed by atoms with van der Waals surface area (Å²) in [6.45, 7) is 11.9. The van der Waals surface area contributed by atoms with Crippen LogP contribution in [0.2, 0.25) is 24.2 Å². The number of rotatable bonds is 9. The molecule has 1 saturated carbocycles. The summed E-state index contributed by atoms with van der Waals surface area (Å²) < 4.78 is 47.5. The van der Waals surface area contributed by atoms with E-state index in [0.29, 0.717) is 40.1 Å². The van der Waals surface area contributed by atoms with E-state index in [1.807, 2.05) is 6.07 Å². The van der Waals surface area contributed by atoms with Crippen molar-refractivity contribution in [2.45, 2.75) is 70.1 Å². The molecule has 1 aromatic heterocycles. The normalized spacial score (nSPS) is 14.6. The van der Waals surface area contributed by atoms with Gasteiger partial charge >= 0.3 is 0 Å². The van der Waals surface area contributed by atoms with E-state index in [9.17, 15) is 17.6 Å². The second kappa shape index (κ2) is 10.1. The number of benzene rings is 2. The van der Waals surface area contributed by atoms with Gasteiger partial charge in [-0.3, -0.25) is 9.10 Å². The Bertz CT molecular complexity index is 1450. The third-order valence-electron chi connectivity index (χ3n) is 8.28. The van der Waals surface area contributed by atoms with Gasteiger partial charge in [-0.2, -0.15) is 0 Å². The number of carbonyl (C=O) groups excluding carboxylic acids is 1. The van der Waals surface area contributed by atoms with Crippen molar-refractivity contribution in [2.75, 3.05) is 24.2 Å². The molecule has 1 heterocycles. The number of halogens is 1. The molecular formula is C29H39FN2O4SSi. The molecule has 2 aromatic carbocycles. The van der Waals surface area contributed by atoms with Crippen LogP contribution < -0.4 is 9.62 Å². The Labute approximate surface area is 226 Å². The number of nitrogens with one attached hydrogen (secondary N) is 1. The molecular weight excluding hydrogens is 519 g/mol. The van der Waals surface area contributed by atoms with Crippen molar-refractivity contribution in [3.63, 3.8) is 0 Å². The van der Waals surface area contributed by atoms with Crippen LogP contribution in [-0.4, -0.2) is 42.2 Å². The van der Waals surface area contributed by atoms with Crippen molar-refractivity contribution in [1.82, 2.24) is 5.32 Å². The number of hydrogen-bond acceptors (Lipinski definition) is 4. The van der Waals surface area contributed by atoms with Gasteiger partial charge in [-0.15, -0.1) is 0 Å². The molecule has 6 nitrogen and oxygen atoms in total. The largest absolute Gasteiger partial charge is 0.455 e. The number of amides is 1. The molecule has 206 valence electrons. The molecule has 9 heteroatoms. The smallest absolute Gasteiger partial charge is 0.255 e. The van der Waals surface area contributed by atoms with Gasteiger partial charge in [0.2, 0.25) is 10.0 Å². The second-order valence-corrected chi connectivity index (χ2v) is 19.8. The van der Waals surface area contributed by atoms with Crippen molar-refractivity contribution in [3.8, 4) is 11.3 Å². The van der Waals surface area contributed by atoms with Crippen LogP contribution in [0.4, 0.5) is 10.1 Å². The van der Waals surface area contributed by atoms with Gasteiger partial charge in [0.15, 0.2) is 0 Å². The molecule has 0 aliphatic heterocycles. The highest BCUT2D eigenvalue weighted by atomic mass is 32.2. The second-order valence-electron chi connectivity index (χ2n) is 12.1. The third kappa shape index (κ3) is 5.68. The average molecular weight is 559 g/mol. The van der Waals surface area contributed by atoms with Crippen LogP contribution in [0, 0.1) is 5.82 Å². The summed E-state index contributed by atoms with van der Waals surface area (Å²) in [6.07, 6.45) is 3.96. The van der Waals surface area contributed by atoms with Gasteiger partial charge < -0.3 is 9.73 Å². The molecule has 38 heavy (non-hydrogen) atoms. The number of carbonyl (C=O) groups is 1. The zero-order chi connectivity index (χ0) is 28.0. The molecule has 4 rings (SSSR count). The number of fused-ring (bicyclic) bond motifs is 1. The maximum Gasteiger partial charge on any atom is 0.255 e. The van der Waals surface area contributed by atoms with Gasteiger partial charge in [0, 0.05) is 30.6 Å². The van der Waals surface area contributed by atoms with Gasteiger partial charge in [0.1, 0.15) is 17.2 Å². The maximum absolute atomic E-state index is 13.6. The Kier molecular flexibility index (Phi) is 7.57. The molecule has 1 amide bonds. The van der Waals surface area contributed by atoms with Crippen molar-refractivity contribution in [3.05, 3.63) is 53.3 Å². The molecule has 0 radical (unpaired) electrons. The van der Waals surface area contributed by atoms with Crippen LogP contribution in [-0.2, 0) is 10.0 Å². The fraction of sp³-hybridized carbons (Fsp3) is 0.483. The predicted octanol–water partition coefficient (Wildman–Crippen LogP) is 7.14. The van der Waals surface area contributed by atoms with Crippen molar-refractivity contribution < 1.29 is 22.0 Å². The minimum absolute atomic E-state index is 0.224. The van der Waals surface area contributed by atoms with E-state index < -0.39 is 18.1 Å². The lowest BCUT2D eigenvalue weighted by Gasteiger charge is -2.37. The van der Waals surface area contributed by atoms with Gasteiger partial charge in [-0.1, -0.05) is 39.9 Å². The minimum Gasteiger partial charge on any atom is -0.455 e. The first-order valence-electron chi connectivity index (χ1n) is 13.2. The fourth-order valence-corrected chi connectivity index (χ4v) is 7.51. The third-order valence-corrected chi connectivity index (χ3v) is 15.1. The van der Waals surface area contributed by atoms with E-state index in [1.165, 1.54) is 22.7 Å². The van der Waals surface area contributed by atoms with E-state index in [1.54, 1.807) is 25.2 Å². The zero-order valence-corrected chi connectivity index (χ0v) is 25.3. The first kappa shape index (κ1) is 28.4. The Morgan fingerprint density at radius 1 is 1.16 bits per heavy atom. The lowest BCUT2D eigenvalue weighted by atomic mass is 10.0. The van der Waals surface area contributed by atoms with Crippen LogP contribution in [0.15, 0.2) is 40.8 Å². The van der Waals surface area contributed by atoms with E-state index in [0.717, 1.165) is 30.9 Å². The predicted molar refractivity (Wildman–Crippen MR) is 156 cm³/mol. The molecule has 0 atom stereocenters. The summed E-state index contributed by atoms with van der Waals surface area (Å²) in [5, 5.41) is 3.54. The lowest BCUT2D eigenvalue weighted by molar-refractivity contribution is 0.0964. The molecule has 1 N–H and O–H groups in total. The van der Waals surface area contributed by atoms with Crippen molar-refractivity contribution in [1.29, 1.82) is 0 Å². The molecule has 0 saturated heterocycles. The molecule has 0 bridgehead atoms. The maximum atomic E-state index is 13.6. The SMILES string of the molecule is CNC(=O)c1c(-c2ccc(F)cc2)oc2cc(N(CCC[Si](C)(C)C(C)(C)C)S(C)(=O)=O)c(C3CC3)cc12. The number of hydrogen-bond donors (Lipinski definition) is 1. The number of nitrogens with zero attached hydrogens (tertiary/aromatic N) is 1. The van der Waals surface area contributed by atoms with Crippen LogP contribution in [0.25, 0.3) is 22.3 Å². The summed E-state index contributed by atoms with van der Waals surface area (Å²) in [5.41, 5.74) is 2.92. The summed E-state index contributed by atoms with van der Waals surface area (Å²) in [6, 6.07) is 10.5. The Morgan fingerprint density at radius 2 is 1.79 bits per heavy atom. The van der Waals surface area contributed by atoms with Crippen molar-refractivity contribution in [2.24, 2.45) is 0 Å². The van der Waals surface area contributed by atoms with Gasteiger partial charge in [-0.25, -0.2) is 12.8 Å². The van der Waals surface area contributed by atoms with Crippen LogP contribution in [0.5, 0.6) is 0 Å². The molecule has 1 fully saturated rings. The first-order valence-corrected chi connectivity index (χ1v) is 18.3. The zero-order valence-electron chi connectivity index (χ0n) is 23.4. The number of sulfonamides is 1. The summed E-state index contributed by atoms with van der Waals surface area (Å²) >= 11 is 0. The Balaban J connectivity index is 1.83. The van der Waals surface area contributed by atoms with Gasteiger partial charge in [0.25, 0.3) is 5.91 Å². The quantitative estimate of drug-likeness (QED) is 0.283. The fourth-order valence-electron chi connectivity index (χ4n) is 4.75. The van der Waals surface area contributed by atoms with Gasteiger partial charge in [-0.05, 0) is 66.1 Å². The monoisotopic (exact) mass is 558 g/mol. The summed E-state index contributed by atoms with van der Waals surface area (Å²) in [4.78, 5) is 13.0. The van der Waals surface area contributed by atoms with E-state index in [4.69, 9.17) is 4.42 Å². The highest BCUT2D eigenvalue weighted by Gasteiger charge is 2.36. The molecule has 0 spiro atoms. The molecule has 0 unspecified atom stereocenters. The average Bonchev–Trinajstić information content (AvgIpc) is 3.60. The topological polar surface area (TPSA) is 79.6 Å². The highest BCUT2D eigenvalue weighted by molar-refractivity contribution is 7.92. The highest BCUT2D eigenvalue weighted by Crippen LogP contribution is 2.48. The molecule has 1 aliphatic rings. The Hall–Kier alpha value is -2.65. The number of furan rings is 1. The van der Waals surface area contributed by atoms with Crippen LogP contribution in [0.1, 0.15) is 61.9 Å². The first-order chi connectivity index (χ1) is 17.6.